The topological polar surface area (TPSA) is 82.3 Å². The minimum Gasteiger partial charge on any atom is -0.355 e. The van der Waals surface area contributed by atoms with E-state index >= 15 is 0 Å². The zero-order valence-electron chi connectivity index (χ0n) is 16.6. The standard InChI is InChI=1S/C21H27N3O3/c1-6-7-17-18(14(3)25)13(2)23-19(17)21(27)24(5)12-15-8-10-16(11-9-15)20(26)22-4/h8-11,23H,6-7,12H2,1-5H3,(H,22,26). The maximum absolute atomic E-state index is 13.0. The summed E-state index contributed by atoms with van der Waals surface area (Å²) in [4.78, 5) is 41.3. The van der Waals surface area contributed by atoms with Gasteiger partial charge < -0.3 is 15.2 Å². The molecule has 1 aromatic carbocycles. The number of nitrogens with zero attached hydrogens (tertiary/aromatic N) is 1. The first-order valence-corrected chi connectivity index (χ1v) is 9.09. The monoisotopic (exact) mass is 369 g/mol. The Bertz CT molecular complexity index is 850. The minimum atomic E-state index is -0.149. The Kier molecular flexibility index (Phi) is 6.55. The van der Waals surface area contributed by atoms with E-state index in [2.05, 4.69) is 10.3 Å². The van der Waals surface area contributed by atoms with Gasteiger partial charge in [-0.1, -0.05) is 25.5 Å². The molecule has 2 N–H and O–H groups in total. The lowest BCUT2D eigenvalue weighted by Crippen LogP contribution is -2.27. The van der Waals surface area contributed by atoms with Gasteiger partial charge >= 0.3 is 0 Å². The molecule has 0 spiro atoms. The summed E-state index contributed by atoms with van der Waals surface area (Å²) in [5.74, 6) is -0.322. The number of hydrogen-bond donors (Lipinski definition) is 2. The van der Waals surface area contributed by atoms with Crippen LogP contribution in [-0.4, -0.2) is 41.6 Å². The Morgan fingerprint density at radius 3 is 2.30 bits per heavy atom. The van der Waals surface area contributed by atoms with E-state index in [4.69, 9.17) is 0 Å². The summed E-state index contributed by atoms with van der Waals surface area (Å²) in [5, 5.41) is 2.58. The molecule has 0 radical (unpaired) electrons. The lowest BCUT2D eigenvalue weighted by Gasteiger charge is -2.18. The van der Waals surface area contributed by atoms with Gasteiger partial charge in [-0.05, 0) is 43.5 Å². The molecule has 144 valence electrons. The van der Waals surface area contributed by atoms with Gasteiger partial charge in [0.25, 0.3) is 11.8 Å². The van der Waals surface area contributed by atoms with E-state index in [1.54, 1.807) is 31.1 Å². The number of aryl methyl sites for hydroxylation is 1. The molecule has 1 heterocycles. The Balaban J connectivity index is 2.23. The van der Waals surface area contributed by atoms with Gasteiger partial charge in [-0.3, -0.25) is 14.4 Å². The summed E-state index contributed by atoms with van der Waals surface area (Å²) in [7, 11) is 3.32. The molecule has 0 aliphatic carbocycles. The number of hydrogen-bond acceptors (Lipinski definition) is 3. The van der Waals surface area contributed by atoms with Crippen LogP contribution in [0.1, 0.15) is 68.3 Å². The Morgan fingerprint density at radius 1 is 1.15 bits per heavy atom. The molecule has 6 heteroatoms. The summed E-state index contributed by atoms with van der Waals surface area (Å²) >= 11 is 0. The zero-order chi connectivity index (χ0) is 20.1. The van der Waals surface area contributed by atoms with Gasteiger partial charge in [0.05, 0.1) is 0 Å². The SMILES string of the molecule is CCCc1c(C(=O)N(C)Cc2ccc(C(=O)NC)cc2)[nH]c(C)c1C(C)=O. The van der Waals surface area contributed by atoms with Gasteiger partial charge in [0.2, 0.25) is 0 Å². The van der Waals surface area contributed by atoms with Crippen LogP contribution in [0.2, 0.25) is 0 Å². The first-order chi connectivity index (χ1) is 12.8. The lowest BCUT2D eigenvalue weighted by atomic mass is 10.0. The van der Waals surface area contributed by atoms with Gasteiger partial charge in [0.15, 0.2) is 5.78 Å². The third kappa shape index (κ3) is 4.45. The third-order valence-corrected chi connectivity index (χ3v) is 4.57. The van der Waals surface area contributed by atoms with E-state index in [0.29, 0.717) is 29.8 Å². The number of nitrogens with one attached hydrogen (secondary N) is 2. The molecule has 2 rings (SSSR count). The van der Waals surface area contributed by atoms with Crippen molar-refractivity contribution in [2.75, 3.05) is 14.1 Å². The summed E-state index contributed by atoms with van der Waals surface area (Å²) in [5.41, 5.74) is 4.15. The quantitative estimate of drug-likeness (QED) is 0.736. The maximum Gasteiger partial charge on any atom is 0.270 e. The van der Waals surface area contributed by atoms with Gasteiger partial charge in [-0.15, -0.1) is 0 Å². The molecule has 0 bridgehead atoms. The molecular formula is C21H27N3O3. The molecule has 0 aliphatic heterocycles. The number of amides is 2. The van der Waals surface area contributed by atoms with Gasteiger partial charge in [-0.25, -0.2) is 0 Å². The van der Waals surface area contributed by atoms with Gasteiger partial charge in [0, 0.05) is 37.5 Å². The number of carbonyl (C=O) groups is 3. The fraction of sp³-hybridized carbons (Fsp3) is 0.381. The smallest absolute Gasteiger partial charge is 0.270 e. The lowest BCUT2D eigenvalue weighted by molar-refractivity contribution is 0.0778. The van der Waals surface area contributed by atoms with Crippen LogP contribution < -0.4 is 5.32 Å². The van der Waals surface area contributed by atoms with E-state index < -0.39 is 0 Å². The summed E-state index contributed by atoms with van der Waals surface area (Å²) in [6.45, 7) is 5.79. The van der Waals surface area contributed by atoms with Gasteiger partial charge in [0.1, 0.15) is 5.69 Å². The van der Waals surface area contributed by atoms with Crippen LogP contribution in [0.25, 0.3) is 0 Å². The molecule has 6 nitrogen and oxygen atoms in total. The number of ketones is 1. The molecule has 1 aromatic heterocycles. The van der Waals surface area contributed by atoms with Crippen molar-refractivity contribution in [2.45, 2.75) is 40.2 Å². The molecule has 0 saturated carbocycles. The molecule has 0 atom stereocenters. The predicted molar refractivity (Wildman–Crippen MR) is 105 cm³/mol. The third-order valence-electron chi connectivity index (χ3n) is 4.57. The Hall–Kier alpha value is -2.89. The van der Waals surface area contributed by atoms with Crippen LogP contribution in [0.4, 0.5) is 0 Å². The van der Waals surface area contributed by atoms with Crippen molar-refractivity contribution in [2.24, 2.45) is 0 Å². The van der Waals surface area contributed by atoms with Crippen LogP contribution in [0.3, 0.4) is 0 Å². The molecule has 0 fully saturated rings. The van der Waals surface area contributed by atoms with E-state index in [1.807, 2.05) is 26.0 Å². The average Bonchev–Trinajstić information content (AvgIpc) is 2.97. The molecule has 0 saturated heterocycles. The summed E-state index contributed by atoms with van der Waals surface area (Å²) < 4.78 is 0. The molecule has 2 aromatic rings. The number of aromatic amines is 1. The van der Waals surface area contributed by atoms with Crippen LogP contribution in [0.15, 0.2) is 24.3 Å². The first-order valence-electron chi connectivity index (χ1n) is 9.09. The molecule has 2 amide bonds. The van der Waals surface area contributed by atoms with Crippen LogP contribution in [0.5, 0.6) is 0 Å². The normalized spacial score (nSPS) is 10.6. The van der Waals surface area contributed by atoms with E-state index in [9.17, 15) is 14.4 Å². The second kappa shape index (κ2) is 8.66. The Morgan fingerprint density at radius 2 is 1.78 bits per heavy atom. The van der Waals surface area contributed by atoms with Crippen molar-refractivity contribution in [1.82, 2.24) is 15.2 Å². The highest BCUT2D eigenvalue weighted by atomic mass is 16.2. The fourth-order valence-electron chi connectivity index (χ4n) is 3.28. The first kappa shape index (κ1) is 20.4. The molecule has 0 aliphatic rings. The summed E-state index contributed by atoms with van der Waals surface area (Å²) in [6.07, 6.45) is 1.53. The van der Waals surface area contributed by atoms with Crippen molar-refractivity contribution in [3.05, 3.63) is 57.9 Å². The molecule has 27 heavy (non-hydrogen) atoms. The maximum atomic E-state index is 13.0. The predicted octanol–water partition coefficient (Wildman–Crippen LogP) is 3.11. The average molecular weight is 369 g/mol. The number of rotatable bonds is 7. The zero-order valence-corrected chi connectivity index (χ0v) is 16.6. The number of H-pyrrole nitrogens is 1. The van der Waals surface area contributed by atoms with Crippen LogP contribution >= 0.6 is 0 Å². The second-order valence-corrected chi connectivity index (χ2v) is 6.72. The number of carbonyl (C=O) groups excluding carboxylic acids is 3. The number of aromatic nitrogens is 1. The fourth-order valence-corrected chi connectivity index (χ4v) is 3.28. The van der Waals surface area contributed by atoms with Crippen LogP contribution in [-0.2, 0) is 13.0 Å². The van der Waals surface area contributed by atoms with Gasteiger partial charge in [-0.2, -0.15) is 0 Å². The second-order valence-electron chi connectivity index (χ2n) is 6.72. The van der Waals surface area contributed by atoms with E-state index in [1.165, 1.54) is 6.92 Å². The van der Waals surface area contributed by atoms with Crippen molar-refractivity contribution in [1.29, 1.82) is 0 Å². The number of Topliss-reactive ketones (excluding diaryl/α,β-unsaturated/α-hetero) is 1. The van der Waals surface area contributed by atoms with Crippen molar-refractivity contribution >= 4 is 17.6 Å². The van der Waals surface area contributed by atoms with Crippen molar-refractivity contribution < 1.29 is 14.4 Å². The highest BCUT2D eigenvalue weighted by Crippen LogP contribution is 2.23. The van der Waals surface area contributed by atoms with Crippen LogP contribution in [0, 0.1) is 6.92 Å². The molecule has 0 unspecified atom stereocenters. The Labute approximate surface area is 160 Å². The highest BCUT2D eigenvalue weighted by molar-refractivity contribution is 6.02. The molecular weight excluding hydrogens is 342 g/mol. The highest BCUT2D eigenvalue weighted by Gasteiger charge is 2.24. The largest absolute Gasteiger partial charge is 0.355 e. The minimum absolute atomic E-state index is 0.0290. The van der Waals surface area contributed by atoms with Crippen molar-refractivity contribution in [3.63, 3.8) is 0 Å². The van der Waals surface area contributed by atoms with E-state index in [0.717, 1.165) is 23.2 Å². The number of benzene rings is 1. The summed E-state index contributed by atoms with van der Waals surface area (Å²) in [6, 6.07) is 7.15. The van der Waals surface area contributed by atoms with Crippen molar-refractivity contribution in [3.8, 4) is 0 Å². The van der Waals surface area contributed by atoms with E-state index in [-0.39, 0.29) is 17.6 Å².